The molecule has 0 saturated carbocycles. The predicted octanol–water partition coefficient (Wildman–Crippen LogP) is 0.894. The molecule has 9 nitrogen and oxygen atoms in total. The highest BCUT2D eigenvalue weighted by atomic mass is 16.7. The summed E-state index contributed by atoms with van der Waals surface area (Å²) < 4.78 is 21.5. The highest BCUT2D eigenvalue weighted by Crippen LogP contribution is 2.32. The van der Waals surface area contributed by atoms with Crippen molar-refractivity contribution in [3.8, 4) is 11.5 Å². The molecule has 0 aliphatic carbocycles. The van der Waals surface area contributed by atoms with Gasteiger partial charge in [-0.2, -0.15) is 0 Å². The molecule has 2 aliphatic heterocycles. The highest BCUT2D eigenvalue weighted by molar-refractivity contribution is 5.95. The van der Waals surface area contributed by atoms with Gasteiger partial charge in [-0.1, -0.05) is 0 Å². The molecule has 158 valence electrons. The molecular weight excluding hydrogens is 390 g/mol. The van der Waals surface area contributed by atoms with Gasteiger partial charge in [0, 0.05) is 5.56 Å². The predicted molar refractivity (Wildman–Crippen MR) is 105 cm³/mol. The number of nitrogens with one attached hydrogen (secondary N) is 3. The zero-order valence-corrected chi connectivity index (χ0v) is 16.8. The van der Waals surface area contributed by atoms with Gasteiger partial charge in [0.25, 0.3) is 0 Å². The van der Waals surface area contributed by atoms with Crippen molar-refractivity contribution < 1.29 is 33.1 Å². The Kier molecular flexibility index (Phi) is 5.62. The number of amides is 2. The van der Waals surface area contributed by atoms with Gasteiger partial charge in [-0.15, -0.1) is 0 Å². The first-order valence-electron chi connectivity index (χ1n) is 9.76. The molecule has 2 aliphatic rings. The number of esters is 1. The number of ether oxygens (including phenoxy) is 3. The lowest BCUT2D eigenvalue weighted by Crippen LogP contribution is -3.08. The molecule has 0 radical (unpaired) electrons. The third-order valence-electron chi connectivity index (χ3n) is 4.90. The fraction of sp³-hybridized carbons (Fsp3) is 0.333. The fourth-order valence-electron chi connectivity index (χ4n) is 3.64. The molecule has 0 fully saturated rings. The van der Waals surface area contributed by atoms with Crippen LogP contribution >= 0.6 is 0 Å². The summed E-state index contributed by atoms with van der Waals surface area (Å²) >= 11 is 0. The van der Waals surface area contributed by atoms with Crippen LogP contribution in [0.5, 0.6) is 11.5 Å². The van der Waals surface area contributed by atoms with Crippen molar-refractivity contribution in [2.45, 2.75) is 19.5 Å². The number of carbonyl (C=O) groups is 2. The van der Waals surface area contributed by atoms with E-state index >= 15 is 0 Å². The van der Waals surface area contributed by atoms with Gasteiger partial charge in [0.2, 0.25) is 6.79 Å². The molecule has 1 unspecified atom stereocenters. The van der Waals surface area contributed by atoms with Crippen molar-refractivity contribution in [3.05, 3.63) is 59.2 Å². The van der Waals surface area contributed by atoms with Crippen molar-refractivity contribution in [2.24, 2.45) is 0 Å². The lowest BCUT2D eigenvalue weighted by atomic mass is 10.00. The summed E-state index contributed by atoms with van der Waals surface area (Å²) in [5, 5.41) is 5.52. The third-order valence-corrected chi connectivity index (χ3v) is 4.90. The van der Waals surface area contributed by atoms with Crippen molar-refractivity contribution in [3.63, 3.8) is 0 Å². The average molecular weight is 414 g/mol. The number of hydrogen-bond acceptors (Lipinski definition) is 6. The van der Waals surface area contributed by atoms with Gasteiger partial charge in [0.1, 0.15) is 24.9 Å². The topological polar surface area (TPSA) is 103 Å². The molecule has 3 N–H and O–H groups in total. The smallest absolute Gasteiger partial charge is 0.338 e. The fourth-order valence-corrected chi connectivity index (χ4v) is 3.64. The molecule has 0 bridgehead atoms. The molecule has 2 amide bonds. The summed E-state index contributed by atoms with van der Waals surface area (Å²) in [6.07, 6.45) is 1.50. The Morgan fingerprint density at radius 3 is 2.83 bits per heavy atom. The van der Waals surface area contributed by atoms with Gasteiger partial charge < -0.3 is 34.2 Å². The maximum absolute atomic E-state index is 12.7. The van der Waals surface area contributed by atoms with Gasteiger partial charge in [-0.05, 0) is 37.3 Å². The Labute approximate surface area is 173 Å². The molecule has 4 rings (SSSR count). The van der Waals surface area contributed by atoms with E-state index in [0.29, 0.717) is 30.1 Å². The van der Waals surface area contributed by atoms with E-state index in [2.05, 4.69) is 10.6 Å². The average Bonchev–Trinajstić information content (AvgIpc) is 3.39. The monoisotopic (exact) mass is 414 g/mol. The van der Waals surface area contributed by atoms with Gasteiger partial charge >= 0.3 is 12.0 Å². The number of rotatable bonds is 7. The quantitative estimate of drug-likeness (QED) is 0.582. The van der Waals surface area contributed by atoms with Crippen LogP contribution in [-0.4, -0.2) is 39.0 Å². The Morgan fingerprint density at radius 1 is 1.23 bits per heavy atom. The molecular formula is C21H24N3O6+. The number of quaternary nitrogens is 1. The lowest BCUT2D eigenvalue weighted by molar-refractivity contribution is -0.889. The number of hydrogen-bond donors (Lipinski definition) is 3. The SMILES string of the molecule is CCOC(=O)C1=C(C[NH+](C)Cc2ccc3c(c2)OCO3)NC(=O)N[C@@H]1c1ccco1. The molecule has 30 heavy (non-hydrogen) atoms. The van der Waals surface area contributed by atoms with Crippen LogP contribution in [0.25, 0.3) is 0 Å². The zero-order chi connectivity index (χ0) is 21.1. The van der Waals surface area contributed by atoms with Gasteiger partial charge in [-0.3, -0.25) is 0 Å². The second-order valence-corrected chi connectivity index (χ2v) is 7.16. The molecule has 2 aromatic rings. The van der Waals surface area contributed by atoms with Crippen LogP contribution in [0.4, 0.5) is 4.79 Å². The van der Waals surface area contributed by atoms with E-state index in [4.69, 9.17) is 18.6 Å². The Morgan fingerprint density at radius 2 is 2.07 bits per heavy atom. The van der Waals surface area contributed by atoms with Crippen molar-refractivity contribution in [2.75, 3.05) is 27.0 Å². The normalized spacial score (nSPS) is 18.6. The van der Waals surface area contributed by atoms with Crippen LogP contribution in [0, 0.1) is 0 Å². The summed E-state index contributed by atoms with van der Waals surface area (Å²) in [6.45, 7) is 3.27. The summed E-state index contributed by atoms with van der Waals surface area (Å²) in [5.74, 6) is 1.44. The lowest BCUT2D eigenvalue weighted by Gasteiger charge is -2.28. The number of urea groups is 1. The largest absolute Gasteiger partial charge is 0.467 e. The van der Waals surface area contributed by atoms with Crippen LogP contribution in [0.1, 0.15) is 24.3 Å². The van der Waals surface area contributed by atoms with E-state index in [0.717, 1.165) is 22.0 Å². The molecule has 1 aromatic carbocycles. The first-order valence-corrected chi connectivity index (χ1v) is 9.76. The standard InChI is InChI=1S/C21H23N3O6/c1-3-27-20(25)18-14(22-21(26)23-19(18)16-5-4-8-28-16)11-24(2)10-13-6-7-15-17(9-13)30-12-29-15/h4-9,19H,3,10-12H2,1-2H3,(H2,22,23,26)/p+1/t19-/m1/s1. The molecule has 3 heterocycles. The maximum Gasteiger partial charge on any atom is 0.338 e. The first-order chi connectivity index (χ1) is 14.5. The van der Waals surface area contributed by atoms with Crippen LogP contribution in [0.3, 0.4) is 0 Å². The van der Waals surface area contributed by atoms with Crippen LogP contribution < -0.4 is 25.0 Å². The molecule has 0 saturated heterocycles. The minimum atomic E-state index is -0.707. The van der Waals surface area contributed by atoms with Crippen molar-refractivity contribution in [1.82, 2.24) is 10.6 Å². The zero-order valence-electron chi connectivity index (χ0n) is 16.8. The van der Waals surface area contributed by atoms with E-state index < -0.39 is 18.0 Å². The van der Waals surface area contributed by atoms with E-state index in [1.54, 1.807) is 19.1 Å². The number of fused-ring (bicyclic) bond motifs is 1. The van der Waals surface area contributed by atoms with Gasteiger partial charge in [0.05, 0.1) is 31.2 Å². The number of likely N-dealkylation sites (N-methyl/N-ethyl adjacent to an activating group) is 1. The summed E-state index contributed by atoms with van der Waals surface area (Å²) in [4.78, 5) is 26.1. The number of furan rings is 1. The Bertz CT molecular complexity index is 969. The summed E-state index contributed by atoms with van der Waals surface area (Å²) in [6, 6.07) is 8.13. The molecule has 0 spiro atoms. The molecule has 9 heteroatoms. The highest BCUT2D eigenvalue weighted by Gasteiger charge is 2.36. The summed E-state index contributed by atoms with van der Waals surface area (Å²) in [5.41, 5.74) is 1.91. The third kappa shape index (κ3) is 4.11. The van der Waals surface area contributed by atoms with Gasteiger partial charge in [0.15, 0.2) is 11.5 Å². The van der Waals surface area contributed by atoms with Gasteiger partial charge in [-0.25, -0.2) is 9.59 Å². The van der Waals surface area contributed by atoms with Crippen LogP contribution in [-0.2, 0) is 16.1 Å². The van der Waals surface area contributed by atoms with Crippen LogP contribution in [0.15, 0.2) is 52.3 Å². The van der Waals surface area contributed by atoms with E-state index in [1.165, 1.54) is 6.26 Å². The molecule has 2 atom stereocenters. The Hall–Kier alpha value is -3.46. The number of benzene rings is 1. The van der Waals surface area contributed by atoms with E-state index in [9.17, 15) is 9.59 Å². The minimum absolute atomic E-state index is 0.227. The van der Waals surface area contributed by atoms with Crippen molar-refractivity contribution in [1.29, 1.82) is 0 Å². The van der Waals surface area contributed by atoms with E-state index in [1.807, 2.05) is 25.2 Å². The minimum Gasteiger partial charge on any atom is -0.467 e. The Balaban J connectivity index is 1.58. The van der Waals surface area contributed by atoms with Crippen LogP contribution in [0.2, 0.25) is 0 Å². The second kappa shape index (κ2) is 8.50. The summed E-state index contributed by atoms with van der Waals surface area (Å²) in [7, 11) is 1.98. The number of carbonyl (C=O) groups excluding carboxylic acids is 2. The second-order valence-electron chi connectivity index (χ2n) is 7.16. The maximum atomic E-state index is 12.7. The van der Waals surface area contributed by atoms with E-state index in [-0.39, 0.29) is 13.4 Å². The van der Waals surface area contributed by atoms with Crippen molar-refractivity contribution >= 4 is 12.0 Å². The molecule has 1 aromatic heterocycles. The first kappa shape index (κ1) is 19.8.